The zero-order valence-electron chi connectivity index (χ0n) is 19.6. The quantitative estimate of drug-likeness (QED) is 0.571. The molecular formula is C26H35N5O2. The van der Waals surface area contributed by atoms with Crippen LogP contribution < -0.4 is 11.5 Å². The summed E-state index contributed by atoms with van der Waals surface area (Å²) in [7, 11) is 0. The number of anilines is 2. The molecule has 33 heavy (non-hydrogen) atoms. The lowest BCUT2D eigenvalue weighted by Crippen LogP contribution is -2.25. The van der Waals surface area contributed by atoms with E-state index in [1.807, 2.05) is 26.0 Å². The number of aromatic nitrogens is 3. The molecule has 1 saturated heterocycles. The molecule has 0 bridgehead atoms. The number of rotatable bonds is 8. The van der Waals surface area contributed by atoms with E-state index in [0.717, 1.165) is 61.9 Å². The van der Waals surface area contributed by atoms with Crippen LogP contribution in [-0.2, 0) is 15.9 Å². The molecule has 4 N–H and O–H groups in total. The fraction of sp³-hybridized carbons (Fsp3) is 0.577. The number of allylic oxidation sites excluding steroid dienone is 1. The molecule has 3 aliphatic rings. The first-order chi connectivity index (χ1) is 15.9. The van der Waals surface area contributed by atoms with E-state index >= 15 is 0 Å². The van der Waals surface area contributed by atoms with Crippen molar-refractivity contribution in [3.05, 3.63) is 47.6 Å². The summed E-state index contributed by atoms with van der Waals surface area (Å²) in [6.45, 7) is 4.08. The number of nitrogens with two attached hydrogens (primary N) is 2. The van der Waals surface area contributed by atoms with Gasteiger partial charge in [0.1, 0.15) is 18.0 Å². The standard InChI is InChI=1S/C26H35N5O2/c1-26(2)32-23-17(6-3-4-7-19-8-5-9-21(27)31-19)14-18(24(23)33-26)11-10-16-12-13-20-22(16)29-15-30-25(20)28/h5,8-9,12-13,15-18,23-24H,3-4,6-7,10-11,14H2,1-2H3,(H2,27,31)(H2,28,29,30)/t16?,17-,18+,23+,24-/m0/s1. The van der Waals surface area contributed by atoms with Gasteiger partial charge in [-0.2, -0.15) is 0 Å². The van der Waals surface area contributed by atoms with Crippen LogP contribution in [0.15, 0.2) is 30.6 Å². The summed E-state index contributed by atoms with van der Waals surface area (Å²) in [5, 5.41) is 0. The van der Waals surface area contributed by atoms with Crippen LogP contribution in [0, 0.1) is 11.8 Å². The number of ether oxygens (including phenoxy) is 2. The largest absolute Gasteiger partial charge is 0.384 e. The van der Waals surface area contributed by atoms with Crippen LogP contribution in [-0.4, -0.2) is 32.9 Å². The molecule has 2 aromatic heterocycles. The molecule has 0 radical (unpaired) electrons. The number of unbranched alkanes of at least 4 members (excludes halogenated alkanes) is 1. The van der Waals surface area contributed by atoms with E-state index in [-0.39, 0.29) is 12.2 Å². The number of fused-ring (bicyclic) bond motifs is 2. The first kappa shape index (κ1) is 22.3. The monoisotopic (exact) mass is 449 g/mol. The predicted octanol–water partition coefficient (Wildman–Crippen LogP) is 4.50. The molecule has 1 unspecified atom stereocenters. The highest BCUT2D eigenvalue weighted by Gasteiger charge is 2.53. The van der Waals surface area contributed by atoms with E-state index in [0.29, 0.717) is 29.4 Å². The smallest absolute Gasteiger partial charge is 0.163 e. The van der Waals surface area contributed by atoms with Crippen LogP contribution in [0.2, 0.25) is 0 Å². The topological polar surface area (TPSA) is 109 Å². The molecule has 5 atom stereocenters. The minimum atomic E-state index is -0.501. The third-order valence-corrected chi connectivity index (χ3v) is 7.42. The van der Waals surface area contributed by atoms with E-state index in [2.05, 4.69) is 33.2 Å². The van der Waals surface area contributed by atoms with Crippen LogP contribution in [0.5, 0.6) is 0 Å². The summed E-state index contributed by atoms with van der Waals surface area (Å²) >= 11 is 0. The van der Waals surface area contributed by atoms with Gasteiger partial charge >= 0.3 is 0 Å². The molecule has 7 nitrogen and oxygen atoms in total. The first-order valence-electron chi connectivity index (χ1n) is 12.3. The van der Waals surface area contributed by atoms with Crippen LogP contribution in [0.3, 0.4) is 0 Å². The maximum absolute atomic E-state index is 6.40. The highest BCUT2D eigenvalue weighted by Crippen LogP contribution is 2.49. The molecule has 3 heterocycles. The average Bonchev–Trinajstić information content (AvgIpc) is 3.42. The fourth-order valence-electron chi connectivity index (χ4n) is 5.94. The number of hydrogen-bond acceptors (Lipinski definition) is 7. The molecule has 1 aliphatic heterocycles. The molecule has 0 aromatic carbocycles. The van der Waals surface area contributed by atoms with Crippen molar-refractivity contribution in [3.8, 4) is 0 Å². The minimum absolute atomic E-state index is 0.181. The molecular weight excluding hydrogens is 414 g/mol. The van der Waals surface area contributed by atoms with Crippen molar-refractivity contribution in [1.82, 2.24) is 15.0 Å². The third-order valence-electron chi connectivity index (χ3n) is 7.42. The minimum Gasteiger partial charge on any atom is -0.384 e. The highest BCUT2D eigenvalue weighted by atomic mass is 16.8. The van der Waals surface area contributed by atoms with E-state index in [1.165, 1.54) is 0 Å². The van der Waals surface area contributed by atoms with Crippen LogP contribution in [0.25, 0.3) is 6.08 Å². The van der Waals surface area contributed by atoms with Crippen molar-refractivity contribution < 1.29 is 9.47 Å². The molecule has 176 valence electrons. The number of hydrogen-bond donors (Lipinski definition) is 2. The van der Waals surface area contributed by atoms with Crippen LogP contribution >= 0.6 is 0 Å². The van der Waals surface area contributed by atoms with Crippen molar-refractivity contribution in [3.63, 3.8) is 0 Å². The Balaban J connectivity index is 1.17. The van der Waals surface area contributed by atoms with E-state index < -0.39 is 5.79 Å². The Labute approximate surface area is 196 Å². The fourth-order valence-corrected chi connectivity index (χ4v) is 5.94. The lowest BCUT2D eigenvalue weighted by atomic mass is 9.91. The van der Waals surface area contributed by atoms with Crippen LogP contribution in [0.4, 0.5) is 11.6 Å². The lowest BCUT2D eigenvalue weighted by molar-refractivity contribution is -0.161. The molecule has 1 saturated carbocycles. The van der Waals surface area contributed by atoms with Gasteiger partial charge in [-0.1, -0.05) is 24.6 Å². The number of nitrogen functional groups attached to an aromatic ring is 2. The predicted molar refractivity (Wildman–Crippen MR) is 129 cm³/mol. The van der Waals surface area contributed by atoms with Gasteiger partial charge < -0.3 is 20.9 Å². The Bertz CT molecular complexity index is 1020. The summed E-state index contributed by atoms with van der Waals surface area (Å²) in [5.41, 5.74) is 15.0. The summed E-state index contributed by atoms with van der Waals surface area (Å²) in [4.78, 5) is 13.1. The van der Waals surface area contributed by atoms with Crippen LogP contribution in [0.1, 0.15) is 75.2 Å². The number of nitrogens with zero attached hydrogens (tertiary/aromatic N) is 3. The molecule has 7 heteroatoms. The summed E-state index contributed by atoms with van der Waals surface area (Å²) < 4.78 is 12.8. The Hall–Kier alpha value is -2.51. The van der Waals surface area contributed by atoms with Gasteiger partial charge in [0.2, 0.25) is 0 Å². The second kappa shape index (κ2) is 9.03. The molecule has 2 aromatic rings. The normalized spacial score (nSPS) is 29.3. The first-order valence-corrected chi connectivity index (χ1v) is 12.3. The van der Waals surface area contributed by atoms with E-state index in [1.54, 1.807) is 6.33 Å². The van der Waals surface area contributed by atoms with E-state index in [9.17, 15) is 0 Å². The summed E-state index contributed by atoms with van der Waals surface area (Å²) in [6, 6.07) is 5.87. The highest BCUT2D eigenvalue weighted by molar-refractivity contribution is 5.68. The Kier molecular flexibility index (Phi) is 6.10. The third kappa shape index (κ3) is 4.75. The molecule has 0 spiro atoms. The SMILES string of the molecule is CC1(C)O[C@@H]2[C@@H](CCCCc3cccc(N)n3)C[C@@H](CCC3C=Cc4c(N)ncnc43)[C@@H]2O1. The Morgan fingerprint density at radius 3 is 2.58 bits per heavy atom. The number of pyridine rings is 1. The second-order valence-corrected chi connectivity index (χ2v) is 10.2. The van der Waals surface area contributed by atoms with Crippen molar-refractivity contribution in [2.45, 2.75) is 82.7 Å². The van der Waals surface area contributed by atoms with Gasteiger partial charge in [0.25, 0.3) is 0 Å². The number of aryl methyl sites for hydroxylation is 1. The van der Waals surface area contributed by atoms with Gasteiger partial charge in [0.15, 0.2) is 5.79 Å². The zero-order valence-corrected chi connectivity index (χ0v) is 19.6. The van der Waals surface area contributed by atoms with Gasteiger partial charge in [-0.15, -0.1) is 0 Å². The molecule has 2 fully saturated rings. The van der Waals surface area contributed by atoms with Crippen molar-refractivity contribution in [2.75, 3.05) is 11.5 Å². The maximum atomic E-state index is 6.40. The molecule has 0 amide bonds. The Morgan fingerprint density at radius 1 is 1.00 bits per heavy atom. The zero-order chi connectivity index (χ0) is 23.0. The van der Waals surface area contributed by atoms with Crippen molar-refractivity contribution >= 4 is 17.7 Å². The van der Waals surface area contributed by atoms with Gasteiger partial charge in [0.05, 0.1) is 17.9 Å². The van der Waals surface area contributed by atoms with Crippen molar-refractivity contribution in [2.24, 2.45) is 11.8 Å². The Morgan fingerprint density at radius 2 is 1.79 bits per heavy atom. The summed E-state index contributed by atoms with van der Waals surface area (Å²) in [6.07, 6.45) is 14.0. The maximum Gasteiger partial charge on any atom is 0.163 e. The summed E-state index contributed by atoms with van der Waals surface area (Å²) in [5.74, 6) is 2.03. The lowest BCUT2D eigenvalue weighted by Gasteiger charge is -2.24. The average molecular weight is 450 g/mol. The van der Waals surface area contributed by atoms with Gasteiger partial charge in [-0.25, -0.2) is 15.0 Å². The van der Waals surface area contributed by atoms with Gasteiger partial charge in [-0.05, 0) is 76.3 Å². The van der Waals surface area contributed by atoms with E-state index in [4.69, 9.17) is 20.9 Å². The molecule has 2 aliphatic carbocycles. The van der Waals surface area contributed by atoms with Gasteiger partial charge in [-0.3, -0.25) is 0 Å². The molecule has 5 rings (SSSR count). The second-order valence-electron chi connectivity index (χ2n) is 10.2. The van der Waals surface area contributed by atoms with Crippen molar-refractivity contribution in [1.29, 1.82) is 0 Å². The van der Waals surface area contributed by atoms with Gasteiger partial charge in [0, 0.05) is 17.2 Å².